The third-order valence-electron chi connectivity index (χ3n) is 4.14. The molecule has 3 aromatic rings. The van der Waals surface area contributed by atoms with E-state index in [4.69, 9.17) is 9.47 Å². The Morgan fingerprint density at radius 1 is 1.14 bits per heavy atom. The number of aliphatic hydroxyl groups excluding tert-OH is 1. The van der Waals surface area contributed by atoms with Gasteiger partial charge in [-0.1, -0.05) is 30.3 Å². The van der Waals surface area contributed by atoms with Crippen LogP contribution >= 0.6 is 0 Å². The molecule has 1 aromatic heterocycles. The number of fused-ring (bicyclic) bond motifs is 1. The summed E-state index contributed by atoms with van der Waals surface area (Å²) in [5.41, 5.74) is 3.13. The van der Waals surface area contributed by atoms with Crippen molar-refractivity contribution in [3.8, 4) is 11.8 Å². The summed E-state index contributed by atoms with van der Waals surface area (Å²) in [5.74, 6) is -0.207. The number of benzene rings is 2. The molecular formula is C21H19N3O4. The molecule has 0 bridgehead atoms. The van der Waals surface area contributed by atoms with Crippen LogP contribution in [0.5, 0.6) is 5.75 Å². The molecule has 1 heterocycles. The van der Waals surface area contributed by atoms with Crippen LogP contribution in [-0.4, -0.2) is 34.3 Å². The maximum absolute atomic E-state index is 11.9. The Bertz CT molecular complexity index is 1040. The minimum Gasteiger partial charge on any atom is -0.507 e. The predicted molar refractivity (Wildman–Crippen MR) is 104 cm³/mol. The van der Waals surface area contributed by atoms with E-state index in [-0.39, 0.29) is 23.8 Å². The van der Waals surface area contributed by atoms with Crippen LogP contribution in [0.4, 0.5) is 0 Å². The molecule has 0 aliphatic rings. The molecule has 142 valence electrons. The zero-order valence-corrected chi connectivity index (χ0v) is 15.5. The number of aromatic nitrogens is 2. The molecule has 0 aliphatic carbocycles. The largest absolute Gasteiger partial charge is 0.507 e. The molecule has 0 atom stereocenters. The number of nitriles is 1. The van der Waals surface area contributed by atoms with Crippen LogP contribution in [-0.2, 0) is 9.53 Å². The van der Waals surface area contributed by atoms with Crippen molar-refractivity contribution >= 4 is 22.6 Å². The maximum Gasteiger partial charge on any atom is 0.344 e. The summed E-state index contributed by atoms with van der Waals surface area (Å²) in [4.78, 5) is 19.2. The quantitative estimate of drug-likeness (QED) is 0.386. The van der Waals surface area contributed by atoms with Gasteiger partial charge in [0, 0.05) is 0 Å². The molecule has 0 spiro atoms. The number of ether oxygens (including phenoxy) is 2. The third-order valence-corrected chi connectivity index (χ3v) is 4.14. The van der Waals surface area contributed by atoms with Gasteiger partial charge in [0.25, 0.3) is 0 Å². The molecule has 0 amide bonds. The number of imidazole rings is 1. The number of nitrogens with zero attached hydrogens (tertiary/aromatic N) is 2. The Labute approximate surface area is 161 Å². The number of carbonyl (C=O) groups is 1. The first-order valence-electron chi connectivity index (χ1n) is 8.61. The first-order valence-corrected chi connectivity index (χ1v) is 8.61. The Balaban J connectivity index is 1.65. The van der Waals surface area contributed by atoms with Crippen molar-refractivity contribution in [3.05, 3.63) is 65.2 Å². The first-order chi connectivity index (χ1) is 13.5. The Hall–Kier alpha value is -3.79. The van der Waals surface area contributed by atoms with E-state index in [0.29, 0.717) is 11.3 Å². The lowest BCUT2D eigenvalue weighted by Crippen LogP contribution is -2.17. The predicted octanol–water partition coefficient (Wildman–Crippen LogP) is 3.59. The number of esters is 1. The van der Waals surface area contributed by atoms with Gasteiger partial charge in [0.2, 0.25) is 0 Å². The lowest BCUT2D eigenvalue weighted by molar-refractivity contribution is -0.145. The van der Waals surface area contributed by atoms with Crippen molar-refractivity contribution in [1.82, 2.24) is 9.97 Å². The molecule has 2 aromatic carbocycles. The number of para-hydroxylation sites is 3. The Morgan fingerprint density at radius 2 is 1.86 bits per heavy atom. The lowest BCUT2D eigenvalue weighted by atomic mass is 10.1. The van der Waals surface area contributed by atoms with Crippen molar-refractivity contribution in [2.45, 2.75) is 13.8 Å². The fraction of sp³-hybridized carbons (Fsp3) is 0.190. The molecule has 2 N–H and O–H groups in total. The van der Waals surface area contributed by atoms with Crippen LogP contribution < -0.4 is 4.74 Å². The van der Waals surface area contributed by atoms with E-state index < -0.39 is 12.6 Å². The van der Waals surface area contributed by atoms with E-state index in [1.54, 1.807) is 6.07 Å². The second kappa shape index (κ2) is 8.27. The first kappa shape index (κ1) is 19.0. The highest BCUT2D eigenvalue weighted by atomic mass is 16.6. The number of carbonyl (C=O) groups excluding carboxylic acids is 1. The van der Waals surface area contributed by atoms with Gasteiger partial charge in [0.05, 0.1) is 11.0 Å². The van der Waals surface area contributed by atoms with E-state index in [9.17, 15) is 15.2 Å². The highest BCUT2D eigenvalue weighted by Gasteiger charge is 2.15. The van der Waals surface area contributed by atoms with Gasteiger partial charge < -0.3 is 19.6 Å². The molecular weight excluding hydrogens is 358 g/mol. The van der Waals surface area contributed by atoms with Gasteiger partial charge in [-0.25, -0.2) is 9.78 Å². The van der Waals surface area contributed by atoms with Crippen molar-refractivity contribution in [1.29, 1.82) is 5.26 Å². The van der Waals surface area contributed by atoms with Gasteiger partial charge in [-0.15, -0.1) is 0 Å². The Kier molecular flexibility index (Phi) is 5.61. The van der Waals surface area contributed by atoms with Gasteiger partial charge in [0.1, 0.15) is 24.0 Å². The molecule has 0 radical (unpaired) electrons. The van der Waals surface area contributed by atoms with Crippen LogP contribution in [0, 0.1) is 25.2 Å². The number of H-pyrrole nitrogens is 1. The van der Waals surface area contributed by atoms with Crippen LogP contribution in [0.3, 0.4) is 0 Å². The molecule has 0 aliphatic heterocycles. The molecule has 7 nitrogen and oxygen atoms in total. The van der Waals surface area contributed by atoms with Gasteiger partial charge in [-0.05, 0) is 37.1 Å². The topological polar surface area (TPSA) is 108 Å². The van der Waals surface area contributed by atoms with E-state index >= 15 is 0 Å². The number of nitrogens with one attached hydrogen (secondary N) is 1. The third kappa shape index (κ3) is 4.13. The van der Waals surface area contributed by atoms with Crippen molar-refractivity contribution < 1.29 is 19.4 Å². The van der Waals surface area contributed by atoms with Crippen LogP contribution in [0.1, 0.15) is 17.0 Å². The zero-order valence-electron chi connectivity index (χ0n) is 15.5. The van der Waals surface area contributed by atoms with E-state index in [1.165, 1.54) is 0 Å². The number of rotatable bonds is 6. The van der Waals surface area contributed by atoms with Gasteiger partial charge >= 0.3 is 5.97 Å². The molecule has 0 saturated carbocycles. The summed E-state index contributed by atoms with van der Waals surface area (Å²) in [7, 11) is 0. The fourth-order valence-corrected chi connectivity index (χ4v) is 2.75. The minimum atomic E-state index is -0.656. The van der Waals surface area contributed by atoms with Crippen LogP contribution in [0.15, 0.2) is 48.2 Å². The van der Waals surface area contributed by atoms with E-state index in [1.807, 2.05) is 56.3 Å². The monoisotopic (exact) mass is 377 g/mol. The summed E-state index contributed by atoms with van der Waals surface area (Å²) in [6.07, 6.45) is 0. The highest BCUT2D eigenvalue weighted by Crippen LogP contribution is 2.22. The standard InChI is InChI=1S/C21H19N3O4/c1-13-6-5-7-14(2)20(13)28-12-19(26)27-11-18(25)15(10-22)21-23-16-8-3-4-9-17(16)24-21/h3-9,25H,11-12H2,1-2H3,(H,23,24). The van der Waals surface area contributed by atoms with Gasteiger partial charge in [-0.3, -0.25) is 0 Å². The lowest BCUT2D eigenvalue weighted by Gasteiger charge is -2.11. The van der Waals surface area contributed by atoms with Gasteiger partial charge in [-0.2, -0.15) is 5.26 Å². The Morgan fingerprint density at radius 3 is 2.54 bits per heavy atom. The molecule has 3 rings (SSSR count). The summed E-state index contributed by atoms with van der Waals surface area (Å²) >= 11 is 0. The second-order valence-electron chi connectivity index (χ2n) is 6.21. The van der Waals surface area contributed by atoms with E-state index in [2.05, 4.69) is 9.97 Å². The normalized spacial score (nSPS) is 11.6. The molecule has 0 fully saturated rings. The van der Waals surface area contributed by atoms with Gasteiger partial charge in [0.15, 0.2) is 18.2 Å². The molecule has 7 heteroatoms. The average molecular weight is 377 g/mol. The van der Waals surface area contributed by atoms with Crippen LogP contribution in [0.25, 0.3) is 16.6 Å². The number of aromatic amines is 1. The summed E-state index contributed by atoms with van der Waals surface area (Å²) in [5, 5.41) is 19.5. The summed E-state index contributed by atoms with van der Waals surface area (Å²) in [6.45, 7) is 3.02. The number of aryl methyl sites for hydroxylation is 2. The van der Waals surface area contributed by atoms with Crippen LogP contribution in [0.2, 0.25) is 0 Å². The van der Waals surface area contributed by atoms with E-state index in [0.717, 1.165) is 16.6 Å². The van der Waals surface area contributed by atoms with Crippen molar-refractivity contribution in [3.63, 3.8) is 0 Å². The maximum atomic E-state index is 11.9. The SMILES string of the molecule is Cc1cccc(C)c1OCC(=O)OCC(O)=C(C#N)c1nc2ccccc2[nH]1. The second-order valence-corrected chi connectivity index (χ2v) is 6.21. The molecule has 28 heavy (non-hydrogen) atoms. The number of hydrogen-bond acceptors (Lipinski definition) is 6. The molecule has 0 unspecified atom stereocenters. The molecule has 0 saturated heterocycles. The minimum absolute atomic E-state index is 0.0836. The fourth-order valence-electron chi connectivity index (χ4n) is 2.75. The number of hydrogen-bond donors (Lipinski definition) is 2. The number of allylic oxidation sites excluding steroid dienone is 1. The highest BCUT2D eigenvalue weighted by molar-refractivity contribution is 5.83. The summed E-state index contributed by atoms with van der Waals surface area (Å²) < 4.78 is 10.5. The zero-order chi connectivity index (χ0) is 20.1. The summed E-state index contributed by atoms with van der Waals surface area (Å²) in [6, 6.07) is 14.8. The number of aliphatic hydroxyl groups is 1. The van der Waals surface area contributed by atoms with Crippen molar-refractivity contribution in [2.24, 2.45) is 0 Å². The average Bonchev–Trinajstić information content (AvgIpc) is 3.10. The van der Waals surface area contributed by atoms with Crippen molar-refractivity contribution in [2.75, 3.05) is 13.2 Å². The smallest absolute Gasteiger partial charge is 0.344 e.